The van der Waals surface area contributed by atoms with Crippen LogP contribution in [0.3, 0.4) is 0 Å². The second kappa shape index (κ2) is 3.95. The number of rotatable bonds is 3. The lowest BCUT2D eigenvalue weighted by Crippen LogP contribution is -1.96. The highest BCUT2D eigenvalue weighted by molar-refractivity contribution is 6.17. The predicted molar refractivity (Wildman–Crippen MR) is 65.1 cm³/mol. The Morgan fingerprint density at radius 3 is 2.94 bits per heavy atom. The van der Waals surface area contributed by atoms with Gasteiger partial charge in [-0.2, -0.15) is 5.10 Å². The molecule has 16 heavy (non-hydrogen) atoms. The van der Waals surface area contributed by atoms with Gasteiger partial charge < -0.3 is 0 Å². The first-order valence-electron chi connectivity index (χ1n) is 5.57. The van der Waals surface area contributed by atoms with E-state index >= 15 is 0 Å². The lowest BCUT2D eigenvalue weighted by molar-refractivity contribution is 0.836. The Hall–Kier alpha value is -1.28. The van der Waals surface area contributed by atoms with Gasteiger partial charge in [-0.05, 0) is 36.6 Å². The topological polar surface area (TPSA) is 17.8 Å². The van der Waals surface area contributed by atoms with Crippen molar-refractivity contribution in [2.75, 3.05) is 0 Å². The van der Waals surface area contributed by atoms with Gasteiger partial charge in [-0.15, -0.1) is 11.6 Å². The molecule has 3 rings (SSSR count). The largest absolute Gasteiger partial charge is 0.241 e. The third-order valence-electron chi connectivity index (χ3n) is 2.93. The van der Waals surface area contributed by atoms with Gasteiger partial charge in [0.1, 0.15) is 0 Å². The van der Waals surface area contributed by atoms with Crippen LogP contribution >= 0.6 is 11.6 Å². The van der Waals surface area contributed by atoms with E-state index in [0.717, 1.165) is 11.3 Å². The smallest absolute Gasteiger partial charge is 0.0659 e. The fourth-order valence-electron chi connectivity index (χ4n) is 1.86. The molecule has 0 unspecified atom stereocenters. The summed E-state index contributed by atoms with van der Waals surface area (Å²) < 4.78 is 1.93. The van der Waals surface area contributed by atoms with Gasteiger partial charge in [0, 0.05) is 18.0 Å². The van der Waals surface area contributed by atoms with Crippen LogP contribution in [0.2, 0.25) is 0 Å². The lowest BCUT2D eigenvalue weighted by atomic mass is 10.2. The summed E-state index contributed by atoms with van der Waals surface area (Å²) in [5.41, 5.74) is 3.43. The van der Waals surface area contributed by atoms with Crippen LogP contribution in [0.25, 0.3) is 5.69 Å². The molecule has 0 bridgehead atoms. The number of hydrogen-bond acceptors (Lipinski definition) is 1. The van der Waals surface area contributed by atoms with Gasteiger partial charge >= 0.3 is 0 Å². The molecule has 0 aliphatic heterocycles. The normalized spacial score (nSPS) is 15.3. The van der Waals surface area contributed by atoms with Crippen molar-refractivity contribution in [3.8, 4) is 5.69 Å². The highest BCUT2D eigenvalue weighted by Gasteiger charge is 2.25. The van der Waals surface area contributed by atoms with Crippen LogP contribution in [-0.2, 0) is 5.88 Å². The Kier molecular flexibility index (Phi) is 2.44. The van der Waals surface area contributed by atoms with Crippen LogP contribution in [0.4, 0.5) is 0 Å². The van der Waals surface area contributed by atoms with Gasteiger partial charge in [0.2, 0.25) is 0 Å². The first-order valence-corrected chi connectivity index (χ1v) is 6.11. The van der Waals surface area contributed by atoms with Crippen molar-refractivity contribution >= 4 is 11.6 Å². The van der Waals surface area contributed by atoms with Gasteiger partial charge in [0.25, 0.3) is 0 Å². The zero-order valence-electron chi connectivity index (χ0n) is 8.94. The average Bonchev–Trinajstić information content (AvgIpc) is 3.07. The summed E-state index contributed by atoms with van der Waals surface area (Å²) in [6.45, 7) is 0. The van der Waals surface area contributed by atoms with E-state index in [1.165, 1.54) is 18.5 Å². The summed E-state index contributed by atoms with van der Waals surface area (Å²) in [6.07, 6.45) is 4.61. The molecule has 1 saturated carbocycles. The number of nitrogens with zero attached hydrogens (tertiary/aromatic N) is 2. The molecule has 0 spiro atoms. The minimum atomic E-state index is 0.546. The number of aromatic nitrogens is 2. The van der Waals surface area contributed by atoms with Crippen LogP contribution in [0.1, 0.15) is 30.0 Å². The van der Waals surface area contributed by atoms with Gasteiger partial charge in [-0.1, -0.05) is 12.1 Å². The highest BCUT2D eigenvalue weighted by atomic mass is 35.5. The maximum absolute atomic E-state index is 5.82. The van der Waals surface area contributed by atoms with Gasteiger partial charge in [0.15, 0.2) is 0 Å². The molecule has 0 atom stereocenters. The van der Waals surface area contributed by atoms with Gasteiger partial charge in [0.05, 0.1) is 11.4 Å². The second-order valence-electron chi connectivity index (χ2n) is 4.26. The Labute approximate surface area is 99.9 Å². The molecule has 2 nitrogen and oxygen atoms in total. The van der Waals surface area contributed by atoms with E-state index in [2.05, 4.69) is 23.3 Å². The summed E-state index contributed by atoms with van der Waals surface area (Å²) in [6, 6.07) is 10.3. The second-order valence-corrected chi connectivity index (χ2v) is 4.53. The molecule has 2 aromatic rings. The first-order chi connectivity index (χ1) is 7.86. The number of benzene rings is 1. The minimum Gasteiger partial charge on any atom is -0.241 e. The van der Waals surface area contributed by atoms with Crippen molar-refractivity contribution in [3.05, 3.63) is 47.8 Å². The molecule has 0 amide bonds. The Balaban J connectivity index is 1.93. The molecule has 0 radical (unpaired) electrons. The molecule has 0 saturated heterocycles. The van der Waals surface area contributed by atoms with Crippen molar-refractivity contribution < 1.29 is 0 Å². The average molecular weight is 233 g/mol. The Morgan fingerprint density at radius 2 is 2.19 bits per heavy atom. The standard InChI is InChI=1S/C13H13ClN2/c14-9-10-2-1-3-12(8-10)16-7-6-13(15-16)11-4-5-11/h1-3,6-8,11H,4-5,9H2. The fraction of sp³-hybridized carbons (Fsp3) is 0.308. The fourth-order valence-corrected chi connectivity index (χ4v) is 2.03. The molecular weight excluding hydrogens is 220 g/mol. The highest BCUT2D eigenvalue weighted by Crippen LogP contribution is 2.39. The summed E-state index contributed by atoms with van der Waals surface area (Å²) in [5, 5.41) is 4.59. The number of hydrogen-bond donors (Lipinski definition) is 0. The Bertz CT molecular complexity index is 500. The molecule has 1 aromatic carbocycles. The third-order valence-corrected chi connectivity index (χ3v) is 3.24. The van der Waals surface area contributed by atoms with E-state index < -0.39 is 0 Å². The third kappa shape index (κ3) is 1.85. The number of halogens is 1. The Morgan fingerprint density at radius 1 is 1.31 bits per heavy atom. The van der Waals surface area contributed by atoms with Crippen molar-refractivity contribution in [1.29, 1.82) is 0 Å². The SMILES string of the molecule is ClCc1cccc(-n2ccc(C3CC3)n2)c1. The summed E-state index contributed by atoms with van der Waals surface area (Å²) in [4.78, 5) is 0. The van der Waals surface area contributed by atoms with E-state index in [1.807, 2.05) is 23.0 Å². The zero-order chi connectivity index (χ0) is 11.0. The van der Waals surface area contributed by atoms with Crippen LogP contribution in [-0.4, -0.2) is 9.78 Å². The predicted octanol–water partition coefficient (Wildman–Crippen LogP) is 3.49. The lowest BCUT2D eigenvalue weighted by Gasteiger charge is -2.02. The van der Waals surface area contributed by atoms with Crippen LogP contribution < -0.4 is 0 Å². The van der Waals surface area contributed by atoms with Gasteiger partial charge in [-0.3, -0.25) is 0 Å². The van der Waals surface area contributed by atoms with Crippen LogP contribution in [0.5, 0.6) is 0 Å². The van der Waals surface area contributed by atoms with Crippen molar-refractivity contribution in [2.45, 2.75) is 24.6 Å². The van der Waals surface area contributed by atoms with Crippen molar-refractivity contribution in [3.63, 3.8) is 0 Å². The molecule has 1 aromatic heterocycles. The van der Waals surface area contributed by atoms with E-state index in [0.29, 0.717) is 11.8 Å². The molecule has 1 heterocycles. The summed E-state index contributed by atoms with van der Waals surface area (Å²) >= 11 is 5.82. The molecular formula is C13H13ClN2. The van der Waals surface area contributed by atoms with Crippen LogP contribution in [0.15, 0.2) is 36.5 Å². The maximum atomic E-state index is 5.82. The van der Waals surface area contributed by atoms with E-state index in [1.54, 1.807) is 0 Å². The summed E-state index contributed by atoms with van der Waals surface area (Å²) in [5.74, 6) is 1.25. The van der Waals surface area contributed by atoms with Gasteiger partial charge in [-0.25, -0.2) is 4.68 Å². The molecule has 82 valence electrons. The quantitative estimate of drug-likeness (QED) is 0.741. The van der Waals surface area contributed by atoms with E-state index in [4.69, 9.17) is 11.6 Å². The van der Waals surface area contributed by atoms with Crippen molar-refractivity contribution in [2.24, 2.45) is 0 Å². The van der Waals surface area contributed by atoms with E-state index in [9.17, 15) is 0 Å². The minimum absolute atomic E-state index is 0.546. The van der Waals surface area contributed by atoms with Crippen LogP contribution in [0, 0.1) is 0 Å². The van der Waals surface area contributed by atoms with E-state index in [-0.39, 0.29) is 0 Å². The molecule has 1 aliphatic carbocycles. The molecule has 1 aliphatic rings. The number of alkyl halides is 1. The maximum Gasteiger partial charge on any atom is 0.0659 e. The molecule has 3 heteroatoms. The van der Waals surface area contributed by atoms with Crippen molar-refractivity contribution in [1.82, 2.24) is 9.78 Å². The monoisotopic (exact) mass is 232 g/mol. The molecule has 1 fully saturated rings. The summed E-state index contributed by atoms with van der Waals surface area (Å²) in [7, 11) is 0. The molecule has 0 N–H and O–H groups in total. The first kappa shape index (κ1) is 9.91. The zero-order valence-corrected chi connectivity index (χ0v) is 9.69.